The van der Waals surface area contributed by atoms with E-state index in [9.17, 15) is 0 Å². The monoisotopic (exact) mass is 317 g/mol. The Morgan fingerprint density at radius 2 is 1.95 bits per heavy atom. The van der Waals surface area contributed by atoms with Crippen LogP contribution in [0.5, 0.6) is 0 Å². The maximum atomic E-state index is 4.76. The standard InChI is InChI=1S/C18H27N3S/c1-21(2)12-8-4-7-11-19-14-16-13-15-9-5-6-10-17(15)20-18(16)22-3/h5-6,9-10,13,19H,4,7-8,11-12,14H2,1-3H3. The molecule has 0 spiro atoms. The van der Waals surface area contributed by atoms with Gasteiger partial charge in [0.05, 0.1) is 5.52 Å². The van der Waals surface area contributed by atoms with Crippen LogP contribution in [0.4, 0.5) is 0 Å². The number of para-hydroxylation sites is 1. The van der Waals surface area contributed by atoms with Gasteiger partial charge >= 0.3 is 0 Å². The maximum absolute atomic E-state index is 4.76. The van der Waals surface area contributed by atoms with Crippen molar-refractivity contribution in [1.29, 1.82) is 0 Å². The molecule has 0 fully saturated rings. The topological polar surface area (TPSA) is 28.2 Å². The Bertz CT molecular complexity index is 584. The lowest BCUT2D eigenvalue weighted by Gasteiger charge is -2.11. The van der Waals surface area contributed by atoms with E-state index >= 15 is 0 Å². The van der Waals surface area contributed by atoms with Gasteiger partial charge in [0.25, 0.3) is 0 Å². The fraction of sp³-hybridized carbons (Fsp3) is 0.500. The molecule has 0 bridgehead atoms. The molecule has 120 valence electrons. The van der Waals surface area contributed by atoms with Gasteiger partial charge in [-0.15, -0.1) is 11.8 Å². The van der Waals surface area contributed by atoms with Gasteiger partial charge in [0.2, 0.25) is 0 Å². The Morgan fingerprint density at radius 1 is 1.14 bits per heavy atom. The van der Waals surface area contributed by atoms with Crippen LogP contribution in [0.2, 0.25) is 0 Å². The molecular formula is C18H27N3S. The average molecular weight is 318 g/mol. The largest absolute Gasteiger partial charge is 0.313 e. The fourth-order valence-corrected chi connectivity index (χ4v) is 3.11. The van der Waals surface area contributed by atoms with Crippen molar-refractivity contribution in [1.82, 2.24) is 15.2 Å². The van der Waals surface area contributed by atoms with Gasteiger partial charge in [-0.25, -0.2) is 4.98 Å². The summed E-state index contributed by atoms with van der Waals surface area (Å²) in [5.74, 6) is 0. The lowest BCUT2D eigenvalue weighted by molar-refractivity contribution is 0.390. The van der Waals surface area contributed by atoms with E-state index in [0.29, 0.717) is 0 Å². The summed E-state index contributed by atoms with van der Waals surface area (Å²) in [6.07, 6.45) is 5.91. The van der Waals surface area contributed by atoms with Crippen molar-refractivity contribution in [2.45, 2.75) is 30.8 Å². The van der Waals surface area contributed by atoms with Crippen LogP contribution in [0.25, 0.3) is 10.9 Å². The van der Waals surface area contributed by atoms with Gasteiger partial charge in [0, 0.05) is 11.9 Å². The smallest absolute Gasteiger partial charge is 0.101 e. The normalized spacial score (nSPS) is 11.5. The molecule has 0 saturated carbocycles. The van der Waals surface area contributed by atoms with E-state index < -0.39 is 0 Å². The van der Waals surface area contributed by atoms with Crippen LogP contribution in [-0.2, 0) is 6.54 Å². The molecule has 0 aliphatic carbocycles. The molecule has 0 radical (unpaired) electrons. The van der Waals surface area contributed by atoms with Crippen LogP contribution in [0.1, 0.15) is 24.8 Å². The van der Waals surface area contributed by atoms with Crippen LogP contribution < -0.4 is 5.32 Å². The Hall–Kier alpha value is -1.10. The van der Waals surface area contributed by atoms with Crippen LogP contribution in [0, 0.1) is 0 Å². The quantitative estimate of drug-likeness (QED) is 0.563. The minimum Gasteiger partial charge on any atom is -0.313 e. The number of benzene rings is 1. The van der Waals surface area contributed by atoms with Crippen molar-refractivity contribution in [2.75, 3.05) is 33.4 Å². The van der Waals surface area contributed by atoms with Crippen molar-refractivity contribution < 1.29 is 0 Å². The average Bonchev–Trinajstić information content (AvgIpc) is 2.52. The number of unbranched alkanes of at least 4 members (excludes halogenated alkanes) is 2. The number of fused-ring (bicyclic) bond motifs is 1. The van der Waals surface area contributed by atoms with Gasteiger partial charge in [-0.1, -0.05) is 24.6 Å². The first-order valence-electron chi connectivity index (χ1n) is 7.99. The molecule has 22 heavy (non-hydrogen) atoms. The van der Waals surface area contributed by atoms with E-state index in [4.69, 9.17) is 4.98 Å². The van der Waals surface area contributed by atoms with Gasteiger partial charge in [-0.2, -0.15) is 0 Å². The van der Waals surface area contributed by atoms with E-state index in [-0.39, 0.29) is 0 Å². The predicted molar refractivity (Wildman–Crippen MR) is 97.6 cm³/mol. The van der Waals surface area contributed by atoms with Crippen LogP contribution in [-0.4, -0.2) is 43.3 Å². The van der Waals surface area contributed by atoms with Gasteiger partial charge in [-0.05, 0) is 64.0 Å². The van der Waals surface area contributed by atoms with Gasteiger partial charge in [0.15, 0.2) is 0 Å². The van der Waals surface area contributed by atoms with Crippen LogP contribution in [0.15, 0.2) is 35.4 Å². The molecule has 0 atom stereocenters. The summed E-state index contributed by atoms with van der Waals surface area (Å²) in [6.45, 7) is 3.17. The third-order valence-electron chi connectivity index (χ3n) is 3.73. The lowest BCUT2D eigenvalue weighted by atomic mass is 10.1. The molecule has 1 aromatic heterocycles. The first-order chi connectivity index (χ1) is 10.7. The minimum absolute atomic E-state index is 0.904. The third-order valence-corrected chi connectivity index (χ3v) is 4.47. The highest BCUT2D eigenvalue weighted by Crippen LogP contribution is 2.23. The number of pyridine rings is 1. The molecule has 1 heterocycles. The maximum Gasteiger partial charge on any atom is 0.101 e. The summed E-state index contributed by atoms with van der Waals surface area (Å²) in [5.41, 5.74) is 2.39. The van der Waals surface area contributed by atoms with E-state index in [1.165, 1.54) is 36.8 Å². The molecule has 0 aliphatic rings. The van der Waals surface area contributed by atoms with Crippen molar-refractivity contribution in [2.24, 2.45) is 0 Å². The summed E-state index contributed by atoms with van der Waals surface area (Å²) < 4.78 is 0. The van der Waals surface area contributed by atoms with Crippen molar-refractivity contribution in [3.8, 4) is 0 Å². The second-order valence-corrected chi connectivity index (χ2v) is 6.69. The summed E-state index contributed by atoms with van der Waals surface area (Å²) >= 11 is 1.73. The fourth-order valence-electron chi connectivity index (χ4n) is 2.52. The molecule has 2 rings (SSSR count). The van der Waals surface area contributed by atoms with Gasteiger partial charge in [0.1, 0.15) is 5.03 Å². The number of nitrogens with zero attached hydrogens (tertiary/aromatic N) is 2. The van der Waals surface area contributed by atoms with E-state index in [0.717, 1.165) is 23.6 Å². The number of hydrogen-bond acceptors (Lipinski definition) is 4. The van der Waals surface area contributed by atoms with Gasteiger partial charge in [-0.3, -0.25) is 0 Å². The highest BCUT2D eigenvalue weighted by Gasteiger charge is 2.05. The molecule has 3 nitrogen and oxygen atoms in total. The molecule has 0 saturated heterocycles. The zero-order valence-electron chi connectivity index (χ0n) is 13.9. The third kappa shape index (κ3) is 5.27. The Morgan fingerprint density at radius 3 is 2.73 bits per heavy atom. The molecule has 2 aromatic rings. The number of hydrogen-bond donors (Lipinski definition) is 1. The second-order valence-electron chi connectivity index (χ2n) is 5.89. The molecular weight excluding hydrogens is 290 g/mol. The van der Waals surface area contributed by atoms with Gasteiger partial charge < -0.3 is 10.2 Å². The first-order valence-corrected chi connectivity index (χ1v) is 9.21. The van der Waals surface area contributed by atoms with Crippen LogP contribution >= 0.6 is 11.8 Å². The molecule has 1 N–H and O–H groups in total. The molecule has 0 unspecified atom stereocenters. The SMILES string of the molecule is CSc1nc2ccccc2cc1CNCCCCCN(C)C. The van der Waals surface area contributed by atoms with Crippen molar-refractivity contribution in [3.63, 3.8) is 0 Å². The number of nitrogens with one attached hydrogen (secondary N) is 1. The van der Waals surface area contributed by atoms with E-state index in [1.54, 1.807) is 11.8 Å². The number of aromatic nitrogens is 1. The Balaban J connectivity index is 1.83. The zero-order valence-corrected chi connectivity index (χ0v) is 14.7. The van der Waals surface area contributed by atoms with E-state index in [2.05, 4.69) is 54.8 Å². The Labute approximate surface area is 138 Å². The number of rotatable bonds is 9. The van der Waals surface area contributed by atoms with Crippen molar-refractivity contribution >= 4 is 22.7 Å². The lowest BCUT2D eigenvalue weighted by Crippen LogP contribution is -2.17. The molecule has 1 aromatic carbocycles. The molecule has 0 aliphatic heterocycles. The van der Waals surface area contributed by atoms with E-state index in [1.807, 2.05) is 6.07 Å². The minimum atomic E-state index is 0.904. The highest BCUT2D eigenvalue weighted by molar-refractivity contribution is 7.98. The summed E-state index contributed by atoms with van der Waals surface area (Å²) in [5, 5.41) is 5.93. The predicted octanol–water partition coefficient (Wildman–Crippen LogP) is 3.78. The zero-order chi connectivity index (χ0) is 15.8. The summed E-state index contributed by atoms with van der Waals surface area (Å²) in [7, 11) is 4.27. The van der Waals surface area contributed by atoms with Crippen molar-refractivity contribution in [3.05, 3.63) is 35.9 Å². The molecule has 0 amide bonds. The highest BCUT2D eigenvalue weighted by atomic mass is 32.2. The summed E-state index contributed by atoms with van der Waals surface area (Å²) in [4.78, 5) is 7.01. The summed E-state index contributed by atoms with van der Waals surface area (Å²) in [6, 6.07) is 10.6. The first kappa shape index (κ1) is 17.3. The number of thioether (sulfide) groups is 1. The van der Waals surface area contributed by atoms with Crippen LogP contribution in [0.3, 0.4) is 0 Å². The second kappa shape index (κ2) is 9.13. The Kier molecular flexibility index (Phi) is 7.16. The molecule has 4 heteroatoms.